The summed E-state index contributed by atoms with van der Waals surface area (Å²) in [4.78, 5) is 17.9. The van der Waals surface area contributed by atoms with Crippen LogP contribution in [-0.4, -0.2) is 61.4 Å². The summed E-state index contributed by atoms with van der Waals surface area (Å²) in [5.74, 6) is -0.581. The molecule has 0 heterocycles. The number of ether oxygens (including phenoxy) is 2. The zero-order valence-corrected chi connectivity index (χ0v) is 12.6. The van der Waals surface area contributed by atoms with Gasteiger partial charge in [0.2, 0.25) is 0 Å². The third-order valence-corrected chi connectivity index (χ3v) is 1.83. The van der Waals surface area contributed by atoms with Crippen molar-refractivity contribution in [2.75, 3.05) is 26.9 Å². The molecule has 0 radical (unpaired) electrons. The molecule has 0 rings (SSSR count). The topological polar surface area (TPSA) is 94.5 Å². The van der Waals surface area contributed by atoms with Crippen LogP contribution in [0.1, 0.15) is 20.8 Å². The minimum absolute atomic E-state index is 0.0170. The monoisotopic (exact) mass is 294 g/mol. The minimum atomic E-state index is -0.581. The summed E-state index contributed by atoms with van der Waals surface area (Å²) in [5.41, 5.74) is 0. The van der Waals surface area contributed by atoms with Gasteiger partial charge in [-0.05, 0) is 20.8 Å². The fraction of sp³-hybridized carbons (Fsp3) is 0.769. The third kappa shape index (κ3) is 17.0. The van der Waals surface area contributed by atoms with E-state index in [9.17, 15) is 4.79 Å². The first-order chi connectivity index (χ1) is 9.37. The molecular weight excluding hydrogens is 268 g/mol. The minimum Gasteiger partial charge on any atom is -0.394 e. The lowest BCUT2D eigenvalue weighted by molar-refractivity contribution is -0.249. The second-order valence-corrected chi connectivity index (χ2v) is 4.09. The van der Waals surface area contributed by atoms with Crippen LogP contribution in [0.15, 0.2) is 12.7 Å². The summed E-state index contributed by atoms with van der Waals surface area (Å²) in [5, 5.41) is 17.6. The van der Waals surface area contributed by atoms with E-state index in [1.165, 1.54) is 7.11 Å². The first-order valence-corrected chi connectivity index (χ1v) is 6.26. The maximum absolute atomic E-state index is 9.95. The molecule has 0 saturated heterocycles. The average Bonchev–Trinajstić information content (AvgIpc) is 2.43. The summed E-state index contributed by atoms with van der Waals surface area (Å²) in [6.07, 6.45) is 0.364. The Bertz CT molecular complexity index is 243. The predicted octanol–water partition coefficient (Wildman–Crippen LogP) is 0.447. The molecule has 0 aromatic carbocycles. The van der Waals surface area contributed by atoms with Crippen molar-refractivity contribution in [1.82, 2.24) is 0 Å². The number of hydrogen-bond donors (Lipinski definition) is 2. The molecule has 0 aliphatic heterocycles. The Morgan fingerprint density at radius 3 is 2.10 bits per heavy atom. The van der Waals surface area contributed by atoms with Crippen LogP contribution in [0.5, 0.6) is 0 Å². The summed E-state index contributed by atoms with van der Waals surface area (Å²) >= 11 is 0. The molecule has 0 saturated carbocycles. The van der Waals surface area contributed by atoms with Crippen molar-refractivity contribution in [3.8, 4) is 0 Å². The number of aliphatic hydroxyl groups is 2. The van der Waals surface area contributed by atoms with Gasteiger partial charge in [0.25, 0.3) is 0 Å². The molecule has 0 spiro atoms. The number of aliphatic hydroxyl groups excluding tert-OH is 2. The lowest BCUT2D eigenvalue weighted by Gasteiger charge is -2.16. The first-order valence-electron chi connectivity index (χ1n) is 6.26. The molecule has 0 aliphatic rings. The molecule has 120 valence electrons. The van der Waals surface area contributed by atoms with Crippen molar-refractivity contribution < 1.29 is 34.3 Å². The van der Waals surface area contributed by atoms with Gasteiger partial charge in [-0.3, -0.25) is 4.89 Å². The Hall–Kier alpha value is -0.990. The maximum atomic E-state index is 9.95. The van der Waals surface area contributed by atoms with Gasteiger partial charge in [0.05, 0.1) is 45.2 Å². The second kappa shape index (κ2) is 14.4. The van der Waals surface area contributed by atoms with E-state index in [1.807, 2.05) is 6.92 Å². The summed E-state index contributed by atoms with van der Waals surface area (Å²) in [6, 6.07) is 0. The van der Waals surface area contributed by atoms with E-state index in [0.717, 1.165) is 6.08 Å². The van der Waals surface area contributed by atoms with E-state index in [1.54, 1.807) is 13.8 Å². The quantitative estimate of drug-likeness (QED) is 0.362. The molecule has 7 heteroatoms. The number of rotatable bonds is 9. The summed E-state index contributed by atoms with van der Waals surface area (Å²) < 4.78 is 10.5. The van der Waals surface area contributed by atoms with E-state index in [0.29, 0.717) is 13.2 Å². The normalized spacial score (nSPS) is 14.5. The second-order valence-electron chi connectivity index (χ2n) is 4.09. The molecule has 20 heavy (non-hydrogen) atoms. The third-order valence-electron chi connectivity index (χ3n) is 1.83. The molecule has 0 bridgehead atoms. The van der Waals surface area contributed by atoms with Gasteiger partial charge < -0.3 is 19.7 Å². The Morgan fingerprint density at radius 1 is 1.20 bits per heavy atom. The molecule has 0 amide bonds. The van der Waals surface area contributed by atoms with Crippen molar-refractivity contribution in [3.05, 3.63) is 12.7 Å². The van der Waals surface area contributed by atoms with E-state index in [-0.39, 0.29) is 18.8 Å². The van der Waals surface area contributed by atoms with Gasteiger partial charge in [-0.15, -0.1) is 0 Å². The van der Waals surface area contributed by atoms with Crippen molar-refractivity contribution in [3.63, 3.8) is 0 Å². The Kier molecular flexibility index (Phi) is 15.4. The van der Waals surface area contributed by atoms with E-state index < -0.39 is 12.1 Å². The van der Waals surface area contributed by atoms with Crippen molar-refractivity contribution >= 4 is 5.97 Å². The fourth-order valence-electron chi connectivity index (χ4n) is 0.820. The lowest BCUT2D eigenvalue weighted by Crippen LogP contribution is -2.24. The van der Waals surface area contributed by atoms with E-state index in [2.05, 4.69) is 16.4 Å². The average molecular weight is 294 g/mol. The molecule has 2 N–H and O–H groups in total. The highest BCUT2D eigenvalue weighted by atomic mass is 17.2. The molecule has 3 atom stereocenters. The van der Waals surface area contributed by atoms with Crippen LogP contribution in [0, 0.1) is 0 Å². The zero-order valence-electron chi connectivity index (χ0n) is 12.6. The Morgan fingerprint density at radius 2 is 1.75 bits per heavy atom. The van der Waals surface area contributed by atoms with Crippen molar-refractivity contribution in [2.24, 2.45) is 0 Å². The lowest BCUT2D eigenvalue weighted by atomic mass is 10.4. The molecule has 0 aliphatic carbocycles. The standard InChI is InChI=1S/C9H20O4.C4H6O3/c1-7(11)5-12-9(3)6-13-8(2)4-10;1-3-4(5)7-6-2/h7-11H,4-6H2,1-3H3;3H,1H2,2H3. The van der Waals surface area contributed by atoms with Gasteiger partial charge in [0.1, 0.15) is 0 Å². The Balaban J connectivity index is 0. The van der Waals surface area contributed by atoms with Gasteiger partial charge in [0, 0.05) is 6.08 Å². The predicted molar refractivity (Wildman–Crippen MR) is 72.9 cm³/mol. The summed E-state index contributed by atoms with van der Waals surface area (Å²) in [6.45, 7) is 9.23. The number of hydrogen-bond acceptors (Lipinski definition) is 7. The fourth-order valence-corrected chi connectivity index (χ4v) is 0.820. The van der Waals surface area contributed by atoms with Crippen LogP contribution in [0.2, 0.25) is 0 Å². The van der Waals surface area contributed by atoms with Crippen LogP contribution >= 0.6 is 0 Å². The van der Waals surface area contributed by atoms with Crippen LogP contribution < -0.4 is 0 Å². The van der Waals surface area contributed by atoms with E-state index in [4.69, 9.17) is 19.7 Å². The number of carbonyl (C=O) groups excluding carboxylic acids is 1. The van der Waals surface area contributed by atoms with Crippen molar-refractivity contribution in [1.29, 1.82) is 0 Å². The molecular formula is C13H26O7. The van der Waals surface area contributed by atoms with Crippen LogP contribution in [-0.2, 0) is 24.0 Å². The maximum Gasteiger partial charge on any atom is 0.365 e. The van der Waals surface area contributed by atoms with Crippen LogP contribution in [0.4, 0.5) is 0 Å². The summed E-state index contributed by atoms with van der Waals surface area (Å²) in [7, 11) is 1.25. The molecule has 0 fully saturated rings. The molecule has 7 nitrogen and oxygen atoms in total. The first kappa shape index (κ1) is 21.3. The number of carbonyl (C=O) groups is 1. The van der Waals surface area contributed by atoms with Gasteiger partial charge in [-0.2, -0.15) is 4.89 Å². The SMILES string of the molecule is C=CC(=O)OOC.CC(O)COC(C)COC(C)CO. The zero-order chi connectivity index (χ0) is 16.0. The molecule has 3 unspecified atom stereocenters. The largest absolute Gasteiger partial charge is 0.394 e. The van der Waals surface area contributed by atoms with Crippen LogP contribution in [0.25, 0.3) is 0 Å². The van der Waals surface area contributed by atoms with Gasteiger partial charge in [-0.1, -0.05) is 6.58 Å². The van der Waals surface area contributed by atoms with Crippen molar-refractivity contribution in [2.45, 2.75) is 39.1 Å². The molecule has 0 aromatic heterocycles. The smallest absolute Gasteiger partial charge is 0.365 e. The molecule has 0 aromatic rings. The van der Waals surface area contributed by atoms with Crippen LogP contribution in [0.3, 0.4) is 0 Å². The van der Waals surface area contributed by atoms with Gasteiger partial charge in [-0.25, -0.2) is 4.79 Å². The van der Waals surface area contributed by atoms with Gasteiger partial charge in [0.15, 0.2) is 0 Å². The highest BCUT2D eigenvalue weighted by Crippen LogP contribution is 1.97. The van der Waals surface area contributed by atoms with E-state index >= 15 is 0 Å². The highest BCUT2D eigenvalue weighted by molar-refractivity contribution is 5.80. The Labute approximate surface area is 120 Å². The highest BCUT2D eigenvalue weighted by Gasteiger charge is 2.06. The van der Waals surface area contributed by atoms with Gasteiger partial charge >= 0.3 is 5.97 Å².